The molecule has 1 atom stereocenters. The van der Waals surface area contributed by atoms with E-state index in [9.17, 15) is 4.39 Å². The van der Waals surface area contributed by atoms with Gasteiger partial charge in [-0.15, -0.1) is 0 Å². The van der Waals surface area contributed by atoms with E-state index < -0.39 is 0 Å². The smallest absolute Gasteiger partial charge is 0.212 e. The highest BCUT2D eigenvalue weighted by Crippen LogP contribution is 2.49. The summed E-state index contributed by atoms with van der Waals surface area (Å²) in [4.78, 5) is 3.87. The van der Waals surface area contributed by atoms with Gasteiger partial charge in [0.25, 0.3) is 0 Å². The molecule has 2 heterocycles. The lowest BCUT2D eigenvalue weighted by Gasteiger charge is -2.34. The van der Waals surface area contributed by atoms with E-state index in [2.05, 4.69) is 11.9 Å². The Labute approximate surface area is 124 Å². The molecule has 1 aliphatic heterocycles. The minimum Gasteiger partial charge on any atom is -0.354 e. The third-order valence-corrected chi connectivity index (χ3v) is 4.24. The predicted molar refractivity (Wildman–Crippen MR) is 84.0 cm³/mol. The number of halogens is 1. The molecule has 0 radical (unpaired) electrons. The molecule has 0 aliphatic carbocycles. The quantitative estimate of drug-likeness (QED) is 0.867. The van der Waals surface area contributed by atoms with Crippen LogP contribution in [-0.4, -0.2) is 11.5 Å². The molecule has 1 aromatic heterocycles. The highest BCUT2D eigenvalue weighted by Gasteiger charge is 2.46. The van der Waals surface area contributed by atoms with Gasteiger partial charge in [0, 0.05) is 29.5 Å². The van der Waals surface area contributed by atoms with Gasteiger partial charge >= 0.3 is 0 Å². The molecule has 1 unspecified atom stereocenters. The number of rotatable bonds is 3. The van der Waals surface area contributed by atoms with E-state index in [4.69, 9.17) is 5.73 Å². The summed E-state index contributed by atoms with van der Waals surface area (Å²) in [5, 5.41) is 0. The lowest BCUT2D eigenvalue weighted by Crippen LogP contribution is -2.46. The molecule has 0 saturated carbocycles. The van der Waals surface area contributed by atoms with Crippen molar-refractivity contribution >= 4 is 16.9 Å². The van der Waals surface area contributed by atoms with Crippen LogP contribution in [-0.2, 0) is 0 Å². The van der Waals surface area contributed by atoms with Gasteiger partial charge in [0.05, 0.1) is 12.7 Å². The van der Waals surface area contributed by atoms with Crippen molar-refractivity contribution in [1.82, 2.24) is 9.47 Å². The number of quaternary nitrogens is 1. The van der Waals surface area contributed by atoms with Crippen molar-refractivity contribution in [3.63, 3.8) is 0 Å². The molecule has 21 heavy (non-hydrogen) atoms. The van der Waals surface area contributed by atoms with Crippen LogP contribution in [0.25, 0.3) is 5.57 Å². The van der Waals surface area contributed by atoms with Crippen molar-refractivity contribution in [2.75, 3.05) is 6.54 Å². The van der Waals surface area contributed by atoms with Gasteiger partial charge in [-0.1, -0.05) is 19.1 Å². The number of pyridine rings is 1. The second kappa shape index (κ2) is 4.97. The Morgan fingerprint density at radius 3 is 2.67 bits per heavy atom. The topological polar surface area (TPSA) is 38.9 Å². The van der Waals surface area contributed by atoms with Gasteiger partial charge in [0.15, 0.2) is 11.4 Å². The van der Waals surface area contributed by atoms with E-state index in [1.165, 1.54) is 6.20 Å². The first-order valence-electron chi connectivity index (χ1n) is 7.18. The number of aromatic nitrogens is 1. The predicted octanol–water partition coefficient (Wildman–Crippen LogP) is 3.93. The summed E-state index contributed by atoms with van der Waals surface area (Å²) in [6.07, 6.45) is 3.77. The summed E-state index contributed by atoms with van der Waals surface area (Å²) in [6, 6.07) is 9.78. The Hall–Kier alpha value is -2.20. The van der Waals surface area contributed by atoms with Crippen LogP contribution in [0.4, 0.5) is 15.8 Å². The molecule has 1 aliphatic rings. The van der Waals surface area contributed by atoms with Crippen molar-refractivity contribution in [2.45, 2.75) is 20.3 Å². The standard InChI is InChI=1S/C17H19FN3/c1-3-10-21(16-8-9-20-11-14(16)18)15-7-5-4-6-13(15)12(2)17(21)19/h4-9,11H,3,10,19H2,1-2H3/q+1. The molecule has 108 valence electrons. The normalized spacial score (nSPS) is 20.7. The van der Waals surface area contributed by atoms with Gasteiger partial charge in [-0.25, -0.2) is 4.48 Å². The van der Waals surface area contributed by atoms with E-state index in [-0.39, 0.29) is 10.3 Å². The molecular weight excluding hydrogens is 265 g/mol. The molecule has 3 rings (SSSR count). The fourth-order valence-corrected chi connectivity index (χ4v) is 3.31. The van der Waals surface area contributed by atoms with E-state index in [0.29, 0.717) is 11.5 Å². The van der Waals surface area contributed by atoms with Crippen molar-refractivity contribution in [3.8, 4) is 0 Å². The summed E-state index contributed by atoms with van der Waals surface area (Å²) in [7, 11) is 0. The first kappa shape index (κ1) is 13.8. The van der Waals surface area contributed by atoms with Crippen molar-refractivity contribution in [2.24, 2.45) is 5.73 Å². The van der Waals surface area contributed by atoms with E-state index in [0.717, 1.165) is 29.8 Å². The van der Waals surface area contributed by atoms with Crippen LogP contribution in [0.3, 0.4) is 0 Å². The van der Waals surface area contributed by atoms with Gasteiger partial charge in [-0.2, -0.15) is 4.39 Å². The average molecular weight is 284 g/mol. The highest BCUT2D eigenvalue weighted by atomic mass is 19.1. The van der Waals surface area contributed by atoms with Crippen LogP contribution in [0.5, 0.6) is 0 Å². The lowest BCUT2D eigenvalue weighted by molar-refractivity contribution is 0.443. The maximum atomic E-state index is 14.4. The summed E-state index contributed by atoms with van der Waals surface area (Å²) in [5.74, 6) is 0.376. The summed E-state index contributed by atoms with van der Waals surface area (Å²) < 4.78 is 14.7. The number of benzene rings is 1. The van der Waals surface area contributed by atoms with Crippen LogP contribution < -0.4 is 10.2 Å². The van der Waals surface area contributed by atoms with Gasteiger partial charge in [0.1, 0.15) is 0 Å². The largest absolute Gasteiger partial charge is 0.354 e. The zero-order valence-electron chi connectivity index (χ0n) is 12.3. The highest BCUT2D eigenvalue weighted by molar-refractivity contribution is 5.87. The molecule has 2 aromatic rings. The van der Waals surface area contributed by atoms with Crippen molar-refractivity contribution in [3.05, 3.63) is 59.9 Å². The Kier molecular flexibility index (Phi) is 3.26. The first-order valence-corrected chi connectivity index (χ1v) is 7.18. The minimum absolute atomic E-state index is 0.257. The number of fused-ring (bicyclic) bond motifs is 1. The zero-order chi connectivity index (χ0) is 15.0. The third-order valence-electron chi connectivity index (χ3n) is 4.24. The Bertz CT molecular complexity index is 723. The summed E-state index contributed by atoms with van der Waals surface area (Å²) in [5.41, 5.74) is 10.2. The van der Waals surface area contributed by atoms with E-state index in [1.807, 2.05) is 31.2 Å². The van der Waals surface area contributed by atoms with Crippen LogP contribution in [0, 0.1) is 5.82 Å². The zero-order valence-corrected chi connectivity index (χ0v) is 12.3. The number of hydrogen-bond acceptors (Lipinski definition) is 2. The van der Waals surface area contributed by atoms with Crippen molar-refractivity contribution < 1.29 is 4.39 Å². The maximum Gasteiger partial charge on any atom is 0.212 e. The number of nitrogens with two attached hydrogens (primary N) is 1. The SMILES string of the molecule is CCC[N+]1(c2ccncc2F)C(N)=C(C)c2ccccc21. The molecule has 4 heteroatoms. The van der Waals surface area contributed by atoms with Crippen LogP contribution >= 0.6 is 0 Å². The number of nitrogens with zero attached hydrogens (tertiary/aromatic N) is 2. The Morgan fingerprint density at radius 1 is 1.19 bits per heavy atom. The fourth-order valence-electron chi connectivity index (χ4n) is 3.31. The van der Waals surface area contributed by atoms with Crippen molar-refractivity contribution in [1.29, 1.82) is 0 Å². The van der Waals surface area contributed by atoms with Crippen LogP contribution in [0.2, 0.25) is 0 Å². The van der Waals surface area contributed by atoms with Gasteiger partial charge in [-0.3, -0.25) is 4.98 Å². The van der Waals surface area contributed by atoms with E-state index >= 15 is 0 Å². The third kappa shape index (κ3) is 1.79. The van der Waals surface area contributed by atoms with Crippen LogP contribution in [0.1, 0.15) is 25.8 Å². The first-order chi connectivity index (χ1) is 10.1. The Morgan fingerprint density at radius 2 is 1.95 bits per heavy atom. The lowest BCUT2D eigenvalue weighted by atomic mass is 10.1. The number of hydrogen-bond donors (Lipinski definition) is 1. The molecule has 3 nitrogen and oxygen atoms in total. The molecule has 1 aromatic carbocycles. The summed E-state index contributed by atoms with van der Waals surface area (Å²) >= 11 is 0. The van der Waals surface area contributed by atoms with Gasteiger partial charge in [0.2, 0.25) is 11.6 Å². The van der Waals surface area contributed by atoms with Gasteiger partial charge in [-0.05, 0) is 19.4 Å². The van der Waals surface area contributed by atoms with Gasteiger partial charge < -0.3 is 5.73 Å². The average Bonchev–Trinajstić information content (AvgIpc) is 2.72. The second-order valence-corrected chi connectivity index (χ2v) is 5.39. The minimum atomic E-state index is -0.321. The van der Waals surface area contributed by atoms with Crippen LogP contribution in [0.15, 0.2) is 48.5 Å². The molecule has 0 amide bonds. The second-order valence-electron chi connectivity index (χ2n) is 5.39. The molecule has 0 saturated heterocycles. The maximum absolute atomic E-state index is 14.4. The summed E-state index contributed by atoms with van der Waals surface area (Å²) in [6.45, 7) is 4.81. The number of para-hydroxylation sites is 1. The molecule has 0 fully saturated rings. The van der Waals surface area contributed by atoms with E-state index in [1.54, 1.807) is 12.3 Å². The fraction of sp³-hybridized carbons (Fsp3) is 0.235. The molecule has 0 spiro atoms. The number of allylic oxidation sites excluding steroid dienone is 1. The Balaban J connectivity index is 2.36. The molecular formula is C17H19FN3+. The molecule has 0 bridgehead atoms. The monoisotopic (exact) mass is 284 g/mol. The molecule has 2 N–H and O–H groups in total.